The highest BCUT2D eigenvalue weighted by Crippen LogP contribution is 2.75. The van der Waals surface area contributed by atoms with Gasteiger partial charge in [-0.25, -0.2) is 5.10 Å². The molecule has 7 rings (SSSR count). The molecule has 7 heteroatoms. The lowest BCUT2D eigenvalue weighted by atomic mass is 9.33. The Bertz CT molecular complexity index is 1500. The minimum atomic E-state index is -0.0166. The van der Waals surface area contributed by atoms with E-state index in [9.17, 15) is 5.11 Å². The lowest BCUT2D eigenvalue weighted by Gasteiger charge is -2.70. The summed E-state index contributed by atoms with van der Waals surface area (Å²) in [5.74, 6) is 2.69. The normalized spacial score (nSPS) is 40.3. The number of nitrogens with zero attached hydrogens (tertiary/aromatic N) is 3. The number of nitrogen functional groups attached to an aromatic ring is 1. The van der Waals surface area contributed by atoms with E-state index in [2.05, 4.69) is 83.7 Å². The Morgan fingerprint density at radius 3 is 2.36 bits per heavy atom. The summed E-state index contributed by atoms with van der Waals surface area (Å²) in [5.41, 5.74) is 13.8. The first-order chi connectivity index (χ1) is 20.5. The molecule has 0 radical (unpaired) electrons. The molecule has 44 heavy (non-hydrogen) atoms. The molecule has 2 heterocycles. The van der Waals surface area contributed by atoms with Crippen LogP contribution in [0.1, 0.15) is 122 Å². The molecule has 3 fully saturated rings. The standard InChI is InChI=1S/C37H58N6O/c1-32(2)15-17-37(29-22(13-19-43(8)9)31(44)42-40-29)18-16-35(6)24(25(37)21-32)10-11-27-34(5)20-23-28(39-41-30(23)38)33(3,4)26(34)12-14-36(27,35)7/h10,25-27H,11-21H2,1-9H3,(H3,38,39,41)(H2,40,42,44)/t25?,26?,27?,34-,35+,36+,37-/m0/s1. The monoisotopic (exact) mass is 602 g/mol. The van der Waals surface area contributed by atoms with E-state index in [-0.39, 0.29) is 33.0 Å². The number of nitrogens with two attached hydrogens (primary N) is 1. The molecule has 0 spiro atoms. The van der Waals surface area contributed by atoms with Crippen LogP contribution in [0.2, 0.25) is 0 Å². The molecule has 0 aliphatic heterocycles. The first-order valence-corrected chi connectivity index (χ1v) is 17.5. The van der Waals surface area contributed by atoms with Crippen LogP contribution >= 0.6 is 0 Å². The van der Waals surface area contributed by atoms with Crippen molar-refractivity contribution in [3.05, 3.63) is 34.2 Å². The molecular weight excluding hydrogens is 544 g/mol. The van der Waals surface area contributed by atoms with Crippen LogP contribution < -0.4 is 5.73 Å². The van der Waals surface area contributed by atoms with Gasteiger partial charge < -0.3 is 15.7 Å². The molecule has 2 aromatic rings. The minimum Gasteiger partial charge on any atom is -0.493 e. The number of aromatic hydroxyl groups is 1. The Balaban J connectivity index is 1.33. The Labute approximate surface area is 265 Å². The number of allylic oxidation sites excluding steroid dienone is 2. The van der Waals surface area contributed by atoms with E-state index in [4.69, 9.17) is 15.9 Å². The van der Waals surface area contributed by atoms with Gasteiger partial charge in [0.05, 0.1) is 11.4 Å². The van der Waals surface area contributed by atoms with Gasteiger partial charge in [0.2, 0.25) is 5.88 Å². The number of hydrogen-bond acceptors (Lipinski definition) is 5. The van der Waals surface area contributed by atoms with Gasteiger partial charge in [-0.1, -0.05) is 60.1 Å². The molecule has 3 saturated carbocycles. The van der Waals surface area contributed by atoms with Crippen LogP contribution in [0.15, 0.2) is 11.6 Å². The zero-order valence-electron chi connectivity index (χ0n) is 29.0. The third-order valence-electron chi connectivity index (χ3n) is 15.0. The second kappa shape index (κ2) is 9.39. The summed E-state index contributed by atoms with van der Waals surface area (Å²) >= 11 is 0. The van der Waals surface area contributed by atoms with Gasteiger partial charge >= 0.3 is 0 Å². The van der Waals surface area contributed by atoms with Crippen LogP contribution in [0.5, 0.6) is 5.88 Å². The molecule has 242 valence electrons. The average Bonchev–Trinajstić information content (AvgIpc) is 3.49. The summed E-state index contributed by atoms with van der Waals surface area (Å²) in [6.07, 6.45) is 14.1. The third kappa shape index (κ3) is 3.83. The second-order valence-electron chi connectivity index (χ2n) is 18.2. The fraction of sp³-hybridized carbons (Fsp3) is 0.784. The van der Waals surface area contributed by atoms with Crippen LogP contribution in [0.3, 0.4) is 0 Å². The Hall–Kier alpha value is -2.28. The van der Waals surface area contributed by atoms with E-state index >= 15 is 0 Å². The highest BCUT2D eigenvalue weighted by Gasteiger charge is 2.69. The number of likely N-dealkylation sites (N-methyl/N-ethyl adjacent to an activating group) is 1. The summed E-state index contributed by atoms with van der Waals surface area (Å²) in [7, 11) is 4.22. The van der Waals surface area contributed by atoms with Crippen LogP contribution in [-0.4, -0.2) is 51.0 Å². The molecule has 5 N–H and O–H groups in total. The number of rotatable bonds is 4. The largest absolute Gasteiger partial charge is 0.493 e. The van der Waals surface area contributed by atoms with Crippen molar-refractivity contribution < 1.29 is 5.11 Å². The molecule has 0 aromatic carbocycles. The van der Waals surface area contributed by atoms with Crippen LogP contribution in [0.25, 0.3) is 0 Å². The highest BCUT2D eigenvalue weighted by molar-refractivity contribution is 5.49. The fourth-order valence-electron chi connectivity index (χ4n) is 12.4. The van der Waals surface area contributed by atoms with Gasteiger partial charge in [-0.2, -0.15) is 10.2 Å². The van der Waals surface area contributed by atoms with Crippen molar-refractivity contribution in [3.63, 3.8) is 0 Å². The Morgan fingerprint density at radius 2 is 1.64 bits per heavy atom. The van der Waals surface area contributed by atoms with Crippen LogP contribution in [0, 0.1) is 39.4 Å². The maximum Gasteiger partial charge on any atom is 0.210 e. The van der Waals surface area contributed by atoms with Gasteiger partial charge in [-0.15, -0.1) is 0 Å². The van der Waals surface area contributed by atoms with Crippen molar-refractivity contribution in [2.45, 2.75) is 124 Å². The van der Waals surface area contributed by atoms with Gasteiger partial charge in [0.25, 0.3) is 0 Å². The maximum absolute atomic E-state index is 11.0. The number of nitrogens with one attached hydrogen (secondary N) is 2. The van der Waals surface area contributed by atoms with Crippen molar-refractivity contribution in [2.75, 3.05) is 26.4 Å². The number of H-pyrrole nitrogens is 2. The molecule has 0 bridgehead atoms. The van der Waals surface area contributed by atoms with Crippen molar-refractivity contribution >= 4 is 5.82 Å². The van der Waals surface area contributed by atoms with E-state index in [1.807, 2.05) is 0 Å². The van der Waals surface area contributed by atoms with Crippen molar-refractivity contribution in [1.82, 2.24) is 25.3 Å². The van der Waals surface area contributed by atoms with Gasteiger partial charge in [-0.05, 0) is 118 Å². The summed E-state index contributed by atoms with van der Waals surface area (Å²) < 4.78 is 0. The van der Waals surface area contributed by atoms with E-state index in [0.29, 0.717) is 23.2 Å². The average molecular weight is 603 g/mol. The highest BCUT2D eigenvalue weighted by atomic mass is 16.3. The Morgan fingerprint density at radius 1 is 0.932 bits per heavy atom. The maximum atomic E-state index is 11.0. The van der Waals surface area contributed by atoms with Gasteiger partial charge in [0.15, 0.2) is 0 Å². The number of fused-ring (bicyclic) bond motifs is 8. The number of hydrogen-bond donors (Lipinski definition) is 4. The summed E-state index contributed by atoms with van der Waals surface area (Å²) in [6.45, 7) is 18.7. The quantitative estimate of drug-likeness (QED) is 0.275. The zero-order chi connectivity index (χ0) is 31.7. The summed E-state index contributed by atoms with van der Waals surface area (Å²) in [6, 6.07) is 0. The fourth-order valence-corrected chi connectivity index (χ4v) is 12.4. The molecule has 7 nitrogen and oxygen atoms in total. The van der Waals surface area contributed by atoms with Gasteiger partial charge in [-0.3, -0.25) is 5.10 Å². The molecule has 0 saturated heterocycles. The van der Waals surface area contributed by atoms with Gasteiger partial charge in [0.1, 0.15) is 5.82 Å². The van der Waals surface area contributed by atoms with Crippen LogP contribution in [-0.2, 0) is 23.7 Å². The molecule has 2 aromatic heterocycles. The number of anilines is 1. The van der Waals surface area contributed by atoms with Crippen molar-refractivity contribution in [3.8, 4) is 5.88 Å². The summed E-state index contributed by atoms with van der Waals surface area (Å²) in [5, 5.41) is 27.0. The van der Waals surface area contributed by atoms with E-state index in [0.717, 1.165) is 50.0 Å². The lowest BCUT2D eigenvalue weighted by Crippen LogP contribution is -2.64. The molecule has 7 atom stereocenters. The molecule has 3 unspecified atom stereocenters. The first-order valence-electron chi connectivity index (χ1n) is 17.5. The van der Waals surface area contributed by atoms with E-state index < -0.39 is 0 Å². The number of aromatic amines is 2. The second-order valence-corrected chi connectivity index (χ2v) is 18.2. The van der Waals surface area contributed by atoms with Crippen molar-refractivity contribution in [2.24, 2.45) is 39.4 Å². The molecule has 5 aliphatic carbocycles. The topological polar surface area (TPSA) is 107 Å². The molecular formula is C37H58N6O. The van der Waals surface area contributed by atoms with Crippen LogP contribution in [0.4, 0.5) is 5.82 Å². The molecule has 0 amide bonds. The minimum absolute atomic E-state index is 0.00268. The number of aromatic nitrogens is 4. The molecule has 5 aliphatic rings. The van der Waals surface area contributed by atoms with E-state index in [1.54, 1.807) is 5.57 Å². The zero-order valence-corrected chi connectivity index (χ0v) is 29.0. The first kappa shape index (κ1) is 30.4. The smallest absolute Gasteiger partial charge is 0.210 e. The third-order valence-corrected chi connectivity index (χ3v) is 15.0. The van der Waals surface area contributed by atoms with E-state index in [1.165, 1.54) is 49.1 Å². The van der Waals surface area contributed by atoms with Gasteiger partial charge in [0, 0.05) is 28.5 Å². The lowest BCUT2D eigenvalue weighted by molar-refractivity contribution is -0.154. The SMILES string of the molecule is CN(C)CCc1c([C@]23CCC(C)(C)CC2C2=CCC4[C@@]5(C)Cc6c(n[nH]c6N)C(C)(C)C5CC[C@@]4(C)[C@]2(C)CC3)n[nH]c1O. The predicted octanol–water partition coefficient (Wildman–Crippen LogP) is 7.29. The summed E-state index contributed by atoms with van der Waals surface area (Å²) in [4.78, 5) is 2.21. The Kier molecular flexibility index (Phi) is 6.48. The predicted molar refractivity (Wildman–Crippen MR) is 178 cm³/mol. The van der Waals surface area contributed by atoms with Crippen molar-refractivity contribution in [1.29, 1.82) is 0 Å².